The number of ether oxygens (including phenoxy) is 2. The predicted molar refractivity (Wildman–Crippen MR) is 65.3 cm³/mol. The van der Waals surface area contributed by atoms with Gasteiger partial charge in [-0.15, -0.1) is 0 Å². The third kappa shape index (κ3) is 11.6. The first-order valence-corrected chi connectivity index (χ1v) is 5.98. The topological polar surface area (TPSA) is 48.0 Å². The minimum Gasteiger partial charge on any atom is -0.462 e. The summed E-state index contributed by atoms with van der Waals surface area (Å²) in [5.41, 5.74) is -0.318. The van der Waals surface area contributed by atoms with Gasteiger partial charge in [-0.1, -0.05) is 6.42 Å². The molecule has 1 rings (SSSR count). The van der Waals surface area contributed by atoms with Crippen molar-refractivity contribution in [2.24, 2.45) is 0 Å². The maximum Gasteiger partial charge on any atom is 0.293 e. The van der Waals surface area contributed by atoms with Gasteiger partial charge in [-0.25, -0.2) is 0 Å². The van der Waals surface area contributed by atoms with Crippen molar-refractivity contribution in [2.75, 3.05) is 27.0 Å². The van der Waals surface area contributed by atoms with Crippen LogP contribution in [0.2, 0.25) is 0 Å². The summed E-state index contributed by atoms with van der Waals surface area (Å²) in [5.74, 6) is 0. The van der Waals surface area contributed by atoms with Gasteiger partial charge in [0.25, 0.3) is 6.47 Å². The molecule has 5 nitrogen and oxygen atoms in total. The van der Waals surface area contributed by atoms with Gasteiger partial charge in [0.05, 0.1) is 0 Å². The molecule has 0 atom stereocenters. The number of methoxy groups -OCH3 is 1. The van der Waals surface area contributed by atoms with Crippen molar-refractivity contribution in [2.45, 2.75) is 45.6 Å². The molecule has 0 amide bonds. The molecule has 0 N–H and O–H groups in total. The number of hydrogen-bond donors (Lipinski definition) is 0. The second-order valence-corrected chi connectivity index (χ2v) is 4.85. The van der Waals surface area contributed by atoms with Gasteiger partial charge >= 0.3 is 0 Å². The molecule has 17 heavy (non-hydrogen) atoms. The lowest BCUT2D eigenvalue weighted by Crippen LogP contribution is -2.30. The van der Waals surface area contributed by atoms with Crippen LogP contribution >= 0.6 is 0 Å². The fourth-order valence-corrected chi connectivity index (χ4v) is 1.27. The van der Waals surface area contributed by atoms with Crippen LogP contribution in [-0.4, -0.2) is 44.1 Å². The van der Waals surface area contributed by atoms with E-state index in [1.165, 1.54) is 19.3 Å². The molecule has 1 fully saturated rings. The maximum atomic E-state index is 9.60. The molecular formula is C12H25NO4. The Bertz CT molecular complexity index is 185. The number of rotatable bonds is 4. The van der Waals surface area contributed by atoms with Crippen LogP contribution in [0.1, 0.15) is 40.0 Å². The molecule has 0 aliphatic carbocycles. The van der Waals surface area contributed by atoms with Crippen LogP contribution in [0, 0.1) is 0 Å². The zero-order valence-corrected chi connectivity index (χ0v) is 11.4. The van der Waals surface area contributed by atoms with E-state index in [2.05, 4.69) is 4.74 Å². The minimum absolute atomic E-state index is 0.318. The third-order valence-corrected chi connectivity index (χ3v) is 2.07. The first kappa shape index (κ1) is 16.4. The number of piperidine rings is 1. The summed E-state index contributed by atoms with van der Waals surface area (Å²) in [6.07, 6.45) is 3.85. The Balaban J connectivity index is 0.000000325. The minimum atomic E-state index is -0.318. The molecule has 0 aromatic rings. The average Bonchev–Trinajstić information content (AvgIpc) is 2.27. The molecule has 0 aromatic heterocycles. The van der Waals surface area contributed by atoms with Gasteiger partial charge in [0.2, 0.25) is 0 Å². The summed E-state index contributed by atoms with van der Waals surface area (Å²) >= 11 is 0. The van der Waals surface area contributed by atoms with Crippen molar-refractivity contribution in [3.63, 3.8) is 0 Å². The monoisotopic (exact) mass is 247 g/mol. The van der Waals surface area contributed by atoms with Gasteiger partial charge in [0, 0.05) is 20.2 Å². The summed E-state index contributed by atoms with van der Waals surface area (Å²) < 4.78 is 9.33. The van der Waals surface area contributed by atoms with Crippen LogP contribution in [0.5, 0.6) is 0 Å². The fourth-order valence-electron chi connectivity index (χ4n) is 1.27. The van der Waals surface area contributed by atoms with Crippen molar-refractivity contribution >= 4 is 6.47 Å². The quantitative estimate of drug-likeness (QED) is 0.561. The van der Waals surface area contributed by atoms with E-state index in [-0.39, 0.29) is 5.60 Å². The Kier molecular flexibility index (Phi) is 9.03. The number of hydroxylamine groups is 2. The van der Waals surface area contributed by atoms with E-state index in [4.69, 9.17) is 9.57 Å². The Hall–Kier alpha value is -0.650. The third-order valence-electron chi connectivity index (χ3n) is 2.07. The normalized spacial score (nSPS) is 16.9. The molecule has 0 aromatic carbocycles. The van der Waals surface area contributed by atoms with Crippen LogP contribution in [0.3, 0.4) is 0 Å². The Morgan fingerprint density at radius 2 is 1.76 bits per heavy atom. The van der Waals surface area contributed by atoms with Gasteiger partial charge in [-0.2, -0.15) is 5.06 Å². The van der Waals surface area contributed by atoms with Gasteiger partial charge in [-0.05, 0) is 33.6 Å². The number of nitrogens with zero attached hydrogens (tertiary/aromatic N) is 1. The lowest BCUT2D eigenvalue weighted by Gasteiger charge is -2.24. The molecule has 0 bridgehead atoms. The van der Waals surface area contributed by atoms with Gasteiger partial charge < -0.3 is 9.47 Å². The van der Waals surface area contributed by atoms with Crippen molar-refractivity contribution < 1.29 is 19.1 Å². The summed E-state index contributed by atoms with van der Waals surface area (Å²) in [4.78, 5) is 14.8. The molecule has 0 spiro atoms. The van der Waals surface area contributed by atoms with E-state index in [9.17, 15) is 4.79 Å². The molecule has 0 radical (unpaired) electrons. The fraction of sp³-hybridized carbons (Fsp3) is 0.917. The molecule has 0 unspecified atom stereocenters. The largest absolute Gasteiger partial charge is 0.462 e. The highest BCUT2D eigenvalue weighted by atomic mass is 16.8. The summed E-state index contributed by atoms with van der Waals surface area (Å²) in [7, 11) is 1.64. The highest BCUT2D eigenvalue weighted by molar-refractivity contribution is 5.37. The van der Waals surface area contributed by atoms with Gasteiger partial charge in [-0.3, -0.25) is 9.63 Å². The Labute approximate surface area is 104 Å². The molecule has 5 heteroatoms. The first-order valence-electron chi connectivity index (χ1n) is 5.98. The zero-order chi connectivity index (χ0) is 13.1. The van der Waals surface area contributed by atoms with Crippen LogP contribution < -0.4 is 0 Å². The summed E-state index contributed by atoms with van der Waals surface area (Å²) in [6.45, 7) is 8.43. The lowest BCUT2D eigenvalue weighted by atomic mass is 10.2. The number of carbonyl (C=O) groups is 1. The second-order valence-electron chi connectivity index (χ2n) is 4.85. The predicted octanol–water partition coefficient (Wildman–Crippen LogP) is 1.97. The smallest absolute Gasteiger partial charge is 0.293 e. The molecule has 1 aliphatic heterocycles. The highest BCUT2D eigenvalue weighted by Crippen LogP contribution is 2.08. The molecule has 102 valence electrons. The van der Waals surface area contributed by atoms with Crippen molar-refractivity contribution in [1.29, 1.82) is 0 Å². The van der Waals surface area contributed by atoms with E-state index in [0.29, 0.717) is 13.3 Å². The van der Waals surface area contributed by atoms with Crippen LogP contribution in [-0.2, 0) is 19.1 Å². The van der Waals surface area contributed by atoms with E-state index in [1.807, 2.05) is 25.8 Å². The zero-order valence-electron chi connectivity index (χ0n) is 11.4. The van der Waals surface area contributed by atoms with Crippen LogP contribution in [0.25, 0.3) is 0 Å². The number of hydrogen-bond acceptors (Lipinski definition) is 5. The standard InChI is InChI=1S/C7H15NO2.C5H10O2/c1-9-7-10-8-5-3-2-4-6-8;1-5(2,3)7-4-6/h2-7H2,1H3;4H,1-3H3. The Morgan fingerprint density at radius 1 is 1.18 bits per heavy atom. The molecule has 1 aliphatic rings. The average molecular weight is 247 g/mol. The van der Waals surface area contributed by atoms with E-state index >= 15 is 0 Å². The van der Waals surface area contributed by atoms with Crippen LogP contribution in [0.15, 0.2) is 0 Å². The van der Waals surface area contributed by atoms with E-state index in [1.54, 1.807) is 7.11 Å². The highest BCUT2D eigenvalue weighted by Gasteiger charge is 2.09. The Morgan fingerprint density at radius 3 is 2.12 bits per heavy atom. The maximum absolute atomic E-state index is 9.60. The van der Waals surface area contributed by atoms with Gasteiger partial charge in [0.15, 0.2) is 6.79 Å². The lowest BCUT2D eigenvalue weighted by molar-refractivity contribution is -0.223. The van der Waals surface area contributed by atoms with Gasteiger partial charge in [0.1, 0.15) is 5.60 Å². The molecule has 0 saturated carbocycles. The second kappa shape index (κ2) is 9.39. The van der Waals surface area contributed by atoms with Crippen molar-refractivity contribution in [1.82, 2.24) is 5.06 Å². The molecular weight excluding hydrogens is 222 g/mol. The summed E-state index contributed by atoms with van der Waals surface area (Å²) in [5, 5.41) is 1.98. The summed E-state index contributed by atoms with van der Waals surface area (Å²) in [6, 6.07) is 0. The van der Waals surface area contributed by atoms with E-state index in [0.717, 1.165) is 13.1 Å². The van der Waals surface area contributed by atoms with Crippen molar-refractivity contribution in [3.8, 4) is 0 Å². The van der Waals surface area contributed by atoms with E-state index < -0.39 is 0 Å². The molecule has 1 heterocycles. The molecule has 1 saturated heterocycles. The SMILES string of the molecule is CC(C)(C)OC=O.COCON1CCCCC1. The van der Waals surface area contributed by atoms with Crippen LogP contribution in [0.4, 0.5) is 0 Å². The number of carbonyl (C=O) groups excluding carboxylic acids is 1. The first-order chi connectivity index (χ1) is 7.99. The van der Waals surface area contributed by atoms with Crippen molar-refractivity contribution in [3.05, 3.63) is 0 Å².